The van der Waals surface area contributed by atoms with Crippen LogP contribution in [0.25, 0.3) is 0 Å². The topological polar surface area (TPSA) is 118 Å². The number of halogens is 3. The number of aromatic nitrogens is 2. The van der Waals surface area contributed by atoms with Crippen LogP contribution >= 0.6 is 0 Å². The monoisotopic (exact) mass is 424 g/mol. The summed E-state index contributed by atoms with van der Waals surface area (Å²) in [6.07, 6.45) is 1.23. The molecule has 1 aliphatic heterocycles. The highest BCUT2D eigenvalue weighted by Crippen LogP contribution is 2.21. The van der Waals surface area contributed by atoms with E-state index in [0.717, 1.165) is 30.9 Å². The molecule has 0 saturated carbocycles. The van der Waals surface area contributed by atoms with E-state index in [4.69, 9.17) is 14.3 Å². The Balaban J connectivity index is 0.000000345. The highest BCUT2D eigenvalue weighted by atomic mass is 32.2. The summed E-state index contributed by atoms with van der Waals surface area (Å²) in [6, 6.07) is 3.90. The highest BCUT2D eigenvalue weighted by Gasteiger charge is 2.38. The molecule has 9 nitrogen and oxygen atoms in total. The lowest BCUT2D eigenvalue weighted by atomic mass is 10.1. The number of aliphatic carboxylic acids is 1. The van der Waals surface area contributed by atoms with Crippen molar-refractivity contribution >= 4 is 16.0 Å². The standard InChI is InChI=1S/C13H18N4O3S.C2HF3O2/c1-21(18,19)15-6-13-9-16(7-11-3-5-20-10-11)8-12-2-4-14-17(12)13;3-2(4,5)1(6)7/h2-5,10,13,15H,6-9H2,1H3;(H,6,7). The van der Waals surface area contributed by atoms with Crippen LogP contribution in [-0.4, -0.2) is 59.7 Å². The largest absolute Gasteiger partial charge is 0.490 e. The van der Waals surface area contributed by atoms with Crippen molar-refractivity contribution in [3.63, 3.8) is 0 Å². The van der Waals surface area contributed by atoms with Gasteiger partial charge in [-0.3, -0.25) is 9.58 Å². The molecule has 0 aromatic carbocycles. The molecule has 0 bridgehead atoms. The van der Waals surface area contributed by atoms with E-state index in [-0.39, 0.29) is 6.04 Å². The Bertz CT molecular complexity index is 880. The van der Waals surface area contributed by atoms with Crippen molar-refractivity contribution in [3.05, 3.63) is 42.1 Å². The lowest BCUT2D eigenvalue weighted by molar-refractivity contribution is -0.192. The first-order valence-electron chi connectivity index (χ1n) is 7.96. The van der Waals surface area contributed by atoms with E-state index in [2.05, 4.69) is 14.7 Å². The van der Waals surface area contributed by atoms with Gasteiger partial charge < -0.3 is 9.52 Å². The lowest BCUT2D eigenvalue weighted by Gasteiger charge is -2.33. The summed E-state index contributed by atoms with van der Waals surface area (Å²) in [5.41, 5.74) is 2.20. The SMILES string of the molecule is CS(=O)(=O)NCC1CN(Cc2ccoc2)Cc2ccnn21.O=C(O)C(F)(F)F. The van der Waals surface area contributed by atoms with Crippen molar-refractivity contribution in [2.24, 2.45) is 0 Å². The molecule has 0 saturated heterocycles. The van der Waals surface area contributed by atoms with Crippen molar-refractivity contribution in [2.45, 2.75) is 25.3 Å². The van der Waals surface area contributed by atoms with Gasteiger partial charge in [-0.1, -0.05) is 0 Å². The molecule has 1 atom stereocenters. The number of fused-ring (bicyclic) bond motifs is 1. The van der Waals surface area contributed by atoms with Gasteiger partial charge in [-0.05, 0) is 12.1 Å². The second-order valence-electron chi connectivity index (χ2n) is 6.15. The molecule has 1 aliphatic rings. The van der Waals surface area contributed by atoms with Gasteiger partial charge in [-0.15, -0.1) is 0 Å². The fraction of sp³-hybridized carbons (Fsp3) is 0.467. The number of hydrogen-bond donors (Lipinski definition) is 2. The zero-order valence-corrected chi connectivity index (χ0v) is 15.6. The smallest absolute Gasteiger partial charge is 0.475 e. The Morgan fingerprint density at radius 1 is 1.43 bits per heavy atom. The van der Waals surface area contributed by atoms with Gasteiger partial charge in [0, 0.05) is 37.9 Å². The maximum absolute atomic E-state index is 11.3. The molecule has 2 aromatic heterocycles. The number of sulfonamides is 1. The van der Waals surface area contributed by atoms with Gasteiger partial charge in [-0.2, -0.15) is 18.3 Å². The van der Waals surface area contributed by atoms with E-state index in [1.807, 2.05) is 16.8 Å². The van der Waals surface area contributed by atoms with Crippen molar-refractivity contribution in [3.8, 4) is 0 Å². The Kier molecular flexibility index (Phi) is 6.85. The number of nitrogens with one attached hydrogen (secondary N) is 1. The average Bonchev–Trinajstić information content (AvgIpc) is 3.23. The molecule has 2 aromatic rings. The third-order valence-electron chi connectivity index (χ3n) is 3.76. The maximum Gasteiger partial charge on any atom is 0.490 e. The Morgan fingerprint density at radius 3 is 2.64 bits per heavy atom. The normalized spacial score (nSPS) is 17.5. The van der Waals surface area contributed by atoms with Gasteiger partial charge >= 0.3 is 12.1 Å². The summed E-state index contributed by atoms with van der Waals surface area (Å²) in [4.78, 5) is 11.2. The van der Waals surface area contributed by atoms with Crippen LogP contribution in [0.3, 0.4) is 0 Å². The first kappa shape index (κ1) is 21.9. The van der Waals surface area contributed by atoms with Crippen LogP contribution in [0.15, 0.2) is 35.3 Å². The number of hydrogen-bond acceptors (Lipinski definition) is 6. The minimum Gasteiger partial charge on any atom is -0.475 e. The van der Waals surface area contributed by atoms with Crippen LogP contribution in [0.4, 0.5) is 13.2 Å². The molecule has 0 amide bonds. The summed E-state index contributed by atoms with van der Waals surface area (Å²) < 4.78 is 63.9. The predicted octanol–water partition coefficient (Wildman–Crippen LogP) is 1.22. The summed E-state index contributed by atoms with van der Waals surface area (Å²) in [7, 11) is -3.20. The molecule has 13 heteroatoms. The first-order valence-corrected chi connectivity index (χ1v) is 9.85. The summed E-state index contributed by atoms with van der Waals surface area (Å²) in [5.74, 6) is -2.76. The van der Waals surface area contributed by atoms with E-state index < -0.39 is 22.2 Å². The molecule has 0 radical (unpaired) electrons. The van der Waals surface area contributed by atoms with Crippen LogP contribution < -0.4 is 4.72 Å². The van der Waals surface area contributed by atoms with E-state index in [1.165, 1.54) is 6.26 Å². The van der Waals surface area contributed by atoms with E-state index in [9.17, 15) is 21.6 Å². The zero-order chi connectivity index (χ0) is 20.9. The molecule has 3 rings (SSSR count). The van der Waals surface area contributed by atoms with Gasteiger partial charge in [0.25, 0.3) is 0 Å². The van der Waals surface area contributed by atoms with E-state index in [0.29, 0.717) is 6.54 Å². The first-order chi connectivity index (χ1) is 13.0. The summed E-state index contributed by atoms with van der Waals surface area (Å²) in [6.45, 7) is 2.65. The molecular weight excluding hydrogens is 405 g/mol. The number of carboxylic acids is 1. The minimum absolute atomic E-state index is 0.00891. The number of carboxylic acid groups (broad SMARTS) is 1. The number of nitrogens with zero attached hydrogens (tertiary/aromatic N) is 3. The number of alkyl halides is 3. The number of rotatable bonds is 5. The van der Waals surface area contributed by atoms with Gasteiger partial charge in [0.2, 0.25) is 10.0 Å². The fourth-order valence-electron chi connectivity index (χ4n) is 2.62. The molecule has 0 spiro atoms. The molecule has 1 unspecified atom stereocenters. The van der Waals surface area contributed by atoms with Crippen LogP contribution in [0.1, 0.15) is 17.3 Å². The number of furan rings is 1. The Morgan fingerprint density at radius 2 is 2.11 bits per heavy atom. The zero-order valence-electron chi connectivity index (χ0n) is 14.8. The average molecular weight is 424 g/mol. The Hall–Kier alpha value is -2.38. The van der Waals surface area contributed by atoms with Gasteiger partial charge in [0.1, 0.15) is 0 Å². The van der Waals surface area contributed by atoms with Crippen LogP contribution in [0, 0.1) is 0 Å². The summed E-state index contributed by atoms with van der Waals surface area (Å²) >= 11 is 0. The van der Waals surface area contributed by atoms with E-state index in [1.54, 1.807) is 18.7 Å². The van der Waals surface area contributed by atoms with Crippen molar-refractivity contribution in [1.29, 1.82) is 0 Å². The second kappa shape index (κ2) is 8.75. The molecule has 2 N–H and O–H groups in total. The van der Waals surface area contributed by atoms with Crippen LogP contribution in [-0.2, 0) is 27.9 Å². The Labute approximate surface area is 158 Å². The molecule has 28 heavy (non-hydrogen) atoms. The van der Waals surface area contributed by atoms with Gasteiger partial charge in [0.15, 0.2) is 0 Å². The number of carbonyl (C=O) groups is 1. The molecule has 3 heterocycles. The third-order valence-corrected chi connectivity index (χ3v) is 4.45. The van der Waals surface area contributed by atoms with Crippen LogP contribution in [0.2, 0.25) is 0 Å². The summed E-state index contributed by atoms with van der Waals surface area (Å²) in [5, 5.41) is 11.4. The second-order valence-corrected chi connectivity index (χ2v) is 7.98. The molecular formula is C15H19F3N4O5S. The van der Waals surface area contributed by atoms with E-state index >= 15 is 0 Å². The lowest BCUT2D eigenvalue weighted by Crippen LogP contribution is -2.42. The molecule has 156 valence electrons. The highest BCUT2D eigenvalue weighted by molar-refractivity contribution is 7.88. The van der Waals surface area contributed by atoms with Crippen LogP contribution in [0.5, 0.6) is 0 Å². The third kappa shape index (κ3) is 6.65. The minimum atomic E-state index is -5.08. The quantitative estimate of drug-likeness (QED) is 0.741. The van der Waals surface area contributed by atoms with Crippen molar-refractivity contribution in [2.75, 3.05) is 19.3 Å². The molecule has 0 aliphatic carbocycles. The van der Waals surface area contributed by atoms with Gasteiger partial charge in [0.05, 0.1) is 30.5 Å². The fourth-order valence-corrected chi connectivity index (χ4v) is 3.12. The van der Waals surface area contributed by atoms with Gasteiger partial charge in [-0.25, -0.2) is 17.9 Å². The van der Waals surface area contributed by atoms with Crippen molar-refractivity contribution < 1.29 is 35.9 Å². The predicted molar refractivity (Wildman–Crippen MR) is 90.6 cm³/mol. The van der Waals surface area contributed by atoms with Crippen molar-refractivity contribution in [1.82, 2.24) is 19.4 Å². The molecule has 0 fully saturated rings. The maximum atomic E-state index is 11.3.